The van der Waals surface area contributed by atoms with Crippen LogP contribution in [0.25, 0.3) is 0 Å². The van der Waals surface area contributed by atoms with Crippen molar-refractivity contribution in [1.29, 1.82) is 0 Å². The van der Waals surface area contributed by atoms with E-state index in [2.05, 4.69) is 42.6 Å². The Bertz CT molecular complexity index is 1610. The topological polar surface area (TPSA) is 67.9 Å². The van der Waals surface area contributed by atoms with Crippen molar-refractivity contribution < 1.29 is 19.1 Å². The van der Waals surface area contributed by atoms with Gasteiger partial charge in [0.1, 0.15) is 5.57 Å². The summed E-state index contributed by atoms with van der Waals surface area (Å²) >= 11 is 7.08. The molecule has 3 unspecified atom stereocenters. The van der Waals surface area contributed by atoms with Crippen LogP contribution in [0.2, 0.25) is 0 Å². The van der Waals surface area contributed by atoms with Crippen LogP contribution >= 0.6 is 24.0 Å². The van der Waals surface area contributed by atoms with Gasteiger partial charge in [-0.2, -0.15) is 0 Å². The molecule has 3 atom stereocenters. The maximum atomic E-state index is 13.7. The molecule has 6 nitrogen and oxygen atoms in total. The van der Waals surface area contributed by atoms with Crippen molar-refractivity contribution in [2.24, 2.45) is 11.8 Å². The molecule has 1 heterocycles. The number of allylic oxidation sites excluding steroid dienone is 3. The highest BCUT2D eigenvalue weighted by Crippen LogP contribution is 2.49. The molecule has 3 aliphatic rings. The Balaban J connectivity index is 1.25. The summed E-state index contributed by atoms with van der Waals surface area (Å²) in [6.07, 6.45) is 6.89. The van der Waals surface area contributed by atoms with Crippen LogP contribution in [0.15, 0.2) is 99.8 Å². The normalized spacial score (nSPS) is 22.7. The van der Waals surface area contributed by atoms with Crippen molar-refractivity contribution in [3.05, 3.63) is 101 Å². The third-order valence-electron chi connectivity index (χ3n) is 8.38. The first-order chi connectivity index (χ1) is 20.4. The van der Waals surface area contributed by atoms with E-state index in [0.29, 0.717) is 17.5 Å². The molecule has 0 radical (unpaired) electrons. The molecular formula is C34H32N2O4S2. The third kappa shape index (κ3) is 5.37. The molecule has 3 aromatic rings. The fraction of sp³-hybridized carbons (Fsp3) is 0.265. The number of carbonyl (C=O) groups is 2. The molecule has 214 valence electrons. The van der Waals surface area contributed by atoms with Gasteiger partial charge in [0, 0.05) is 9.79 Å². The number of ether oxygens (including phenoxy) is 2. The van der Waals surface area contributed by atoms with Crippen molar-refractivity contribution in [2.45, 2.75) is 41.9 Å². The number of nitrogens with one attached hydrogen (secondary N) is 1. The highest BCUT2D eigenvalue weighted by atomic mass is 32.2. The van der Waals surface area contributed by atoms with Gasteiger partial charge in [0.15, 0.2) is 16.6 Å². The Kier molecular flexibility index (Phi) is 7.92. The van der Waals surface area contributed by atoms with Crippen LogP contribution in [0.3, 0.4) is 0 Å². The van der Waals surface area contributed by atoms with Crippen LogP contribution in [0.1, 0.15) is 36.8 Å². The number of amides is 2. The van der Waals surface area contributed by atoms with Gasteiger partial charge < -0.3 is 9.47 Å². The fourth-order valence-electron chi connectivity index (χ4n) is 6.22. The Morgan fingerprint density at radius 2 is 1.67 bits per heavy atom. The number of carbonyl (C=O) groups excluding carboxylic acids is 2. The van der Waals surface area contributed by atoms with E-state index in [1.165, 1.54) is 16.0 Å². The molecule has 42 heavy (non-hydrogen) atoms. The quantitative estimate of drug-likeness (QED) is 0.191. The van der Waals surface area contributed by atoms with Crippen LogP contribution in [-0.4, -0.2) is 31.1 Å². The summed E-state index contributed by atoms with van der Waals surface area (Å²) in [6, 6.07) is 22.0. The van der Waals surface area contributed by atoms with E-state index in [1.807, 2.05) is 42.5 Å². The molecular weight excluding hydrogens is 565 g/mol. The summed E-state index contributed by atoms with van der Waals surface area (Å²) in [5.41, 5.74) is 4.34. The zero-order valence-electron chi connectivity index (χ0n) is 23.8. The standard InChI is InChI=1S/C34H32N2O4S2/c1-20-15-27-21(9-10-22-18-30(39-2)31(40-3)19-28(22)27)16-23(20)17-29-32(37)35-34(41)36(33(29)38)24-11-13-26(14-12-24)42-25-7-5-4-6-8-25/h4-8,11-14,16-21,27H,9-10,15H2,1-3H3,(H,35,37,41)/b29-17+. The van der Waals surface area contributed by atoms with E-state index in [1.54, 1.807) is 32.1 Å². The van der Waals surface area contributed by atoms with Crippen LogP contribution in [-0.2, 0) is 16.0 Å². The lowest BCUT2D eigenvalue weighted by Crippen LogP contribution is -2.54. The maximum absolute atomic E-state index is 13.7. The smallest absolute Gasteiger partial charge is 0.270 e. The number of thiocarbonyl (C=S) groups is 1. The van der Waals surface area contributed by atoms with Gasteiger partial charge in [-0.15, -0.1) is 0 Å². The van der Waals surface area contributed by atoms with Gasteiger partial charge in [-0.3, -0.25) is 19.8 Å². The van der Waals surface area contributed by atoms with Crippen LogP contribution in [0, 0.1) is 11.8 Å². The minimum Gasteiger partial charge on any atom is -0.493 e. The van der Waals surface area contributed by atoms with E-state index in [-0.39, 0.29) is 16.6 Å². The number of benzene rings is 3. The van der Waals surface area contributed by atoms with Gasteiger partial charge in [0.25, 0.3) is 11.8 Å². The number of anilines is 1. The van der Waals surface area contributed by atoms with E-state index < -0.39 is 11.8 Å². The average molecular weight is 597 g/mol. The van der Waals surface area contributed by atoms with Crippen LogP contribution < -0.4 is 19.7 Å². The van der Waals surface area contributed by atoms with Crippen LogP contribution in [0.5, 0.6) is 11.5 Å². The third-order valence-corrected chi connectivity index (χ3v) is 9.68. The molecule has 2 aliphatic carbocycles. The minimum atomic E-state index is -0.460. The lowest BCUT2D eigenvalue weighted by atomic mass is 9.66. The number of hydrogen-bond acceptors (Lipinski definition) is 6. The number of nitrogens with zero attached hydrogens (tertiary/aromatic N) is 1. The Labute approximate surface area is 255 Å². The summed E-state index contributed by atoms with van der Waals surface area (Å²) in [7, 11) is 3.33. The Morgan fingerprint density at radius 1 is 0.976 bits per heavy atom. The molecule has 2 amide bonds. The van der Waals surface area contributed by atoms with Crippen molar-refractivity contribution >= 4 is 46.6 Å². The summed E-state index contributed by atoms with van der Waals surface area (Å²) in [5, 5.41) is 2.82. The van der Waals surface area contributed by atoms with Crippen molar-refractivity contribution in [3.8, 4) is 11.5 Å². The van der Waals surface area contributed by atoms with Crippen molar-refractivity contribution in [3.63, 3.8) is 0 Å². The molecule has 1 saturated heterocycles. The van der Waals surface area contributed by atoms with E-state index in [9.17, 15) is 9.59 Å². The monoisotopic (exact) mass is 596 g/mol. The highest BCUT2D eigenvalue weighted by molar-refractivity contribution is 7.99. The number of fused-ring (bicyclic) bond motifs is 3. The van der Waals surface area contributed by atoms with Crippen molar-refractivity contribution in [2.75, 3.05) is 19.1 Å². The summed E-state index contributed by atoms with van der Waals surface area (Å²) in [4.78, 5) is 30.3. The molecule has 1 fully saturated rings. The molecule has 6 rings (SSSR count). The van der Waals surface area contributed by atoms with Gasteiger partial charge in [0.05, 0.1) is 19.9 Å². The molecule has 1 aliphatic heterocycles. The molecule has 8 heteroatoms. The number of hydrogen-bond donors (Lipinski definition) is 1. The van der Waals surface area contributed by atoms with Gasteiger partial charge in [-0.1, -0.05) is 43.0 Å². The number of methoxy groups -OCH3 is 2. The second-order valence-electron chi connectivity index (χ2n) is 10.9. The SMILES string of the molecule is COc1cc2c(cc1OC)C1CC(C)C(/C=C3\C(=O)NC(=S)N(c4ccc(Sc5ccccc5)cc4)C3=O)=CC1CC2. The predicted octanol–water partition coefficient (Wildman–Crippen LogP) is 6.84. The average Bonchev–Trinajstić information content (AvgIpc) is 3.00. The zero-order chi connectivity index (χ0) is 29.4. The lowest BCUT2D eigenvalue weighted by Gasteiger charge is -2.39. The van der Waals surface area contributed by atoms with E-state index in [0.717, 1.165) is 46.1 Å². The molecule has 0 bridgehead atoms. The zero-order valence-corrected chi connectivity index (χ0v) is 25.4. The highest BCUT2D eigenvalue weighted by Gasteiger charge is 2.38. The Morgan fingerprint density at radius 3 is 2.38 bits per heavy atom. The molecule has 3 aromatic carbocycles. The second-order valence-corrected chi connectivity index (χ2v) is 12.4. The van der Waals surface area contributed by atoms with Crippen molar-refractivity contribution in [1.82, 2.24) is 5.32 Å². The number of rotatable bonds is 6. The van der Waals surface area contributed by atoms with Gasteiger partial charge in [0.2, 0.25) is 0 Å². The minimum absolute atomic E-state index is 0.0876. The van der Waals surface area contributed by atoms with Gasteiger partial charge in [-0.25, -0.2) is 0 Å². The molecule has 0 aromatic heterocycles. The summed E-state index contributed by atoms with van der Waals surface area (Å²) in [6.45, 7) is 2.16. The summed E-state index contributed by atoms with van der Waals surface area (Å²) in [5.74, 6) is 1.45. The van der Waals surface area contributed by atoms with E-state index >= 15 is 0 Å². The number of aryl methyl sites for hydroxylation is 1. The van der Waals surface area contributed by atoms with Gasteiger partial charge in [-0.05, 0) is 121 Å². The predicted molar refractivity (Wildman–Crippen MR) is 169 cm³/mol. The first kappa shape index (κ1) is 28.2. The van der Waals surface area contributed by atoms with Crippen LogP contribution in [0.4, 0.5) is 5.69 Å². The second kappa shape index (κ2) is 11.8. The Hall–Kier alpha value is -3.88. The first-order valence-electron chi connectivity index (χ1n) is 14.1. The molecule has 1 N–H and O–H groups in total. The fourth-order valence-corrected chi connectivity index (χ4v) is 7.34. The van der Waals surface area contributed by atoms with E-state index in [4.69, 9.17) is 21.7 Å². The molecule has 0 spiro atoms. The summed E-state index contributed by atoms with van der Waals surface area (Å²) < 4.78 is 11.1. The molecule has 0 saturated carbocycles. The first-order valence-corrected chi connectivity index (χ1v) is 15.3. The largest absolute Gasteiger partial charge is 0.493 e. The lowest BCUT2D eigenvalue weighted by molar-refractivity contribution is -0.122. The van der Waals surface area contributed by atoms with Gasteiger partial charge >= 0.3 is 0 Å². The maximum Gasteiger partial charge on any atom is 0.270 e.